The number of hydrogen-bond donors (Lipinski definition) is 1. The summed E-state index contributed by atoms with van der Waals surface area (Å²) in [5, 5.41) is 3.43. The third kappa shape index (κ3) is 3.95. The first-order chi connectivity index (χ1) is 10.2. The van der Waals surface area contributed by atoms with Gasteiger partial charge in [-0.05, 0) is 43.7 Å². The van der Waals surface area contributed by atoms with Crippen molar-refractivity contribution in [3.05, 3.63) is 29.6 Å². The van der Waals surface area contributed by atoms with E-state index in [-0.39, 0.29) is 5.82 Å². The molecular formula is C17H25FN2O. The number of hydrogen-bond acceptors (Lipinski definition) is 3. The largest absolute Gasteiger partial charge is 0.381 e. The number of nitrogens with zero attached hydrogens (tertiary/aromatic N) is 1. The van der Waals surface area contributed by atoms with E-state index in [1.807, 2.05) is 12.1 Å². The van der Waals surface area contributed by atoms with Gasteiger partial charge < -0.3 is 15.0 Å². The molecule has 0 atom stereocenters. The van der Waals surface area contributed by atoms with Crippen molar-refractivity contribution in [2.45, 2.75) is 38.3 Å². The maximum absolute atomic E-state index is 14.2. The summed E-state index contributed by atoms with van der Waals surface area (Å²) in [7, 11) is 2.07. The number of rotatable bonds is 6. The lowest BCUT2D eigenvalue weighted by molar-refractivity contribution is 0.0685. The summed E-state index contributed by atoms with van der Waals surface area (Å²) in [5.41, 5.74) is 1.83. The van der Waals surface area contributed by atoms with E-state index in [2.05, 4.69) is 17.3 Å². The smallest absolute Gasteiger partial charge is 0.129 e. The van der Waals surface area contributed by atoms with Crippen LogP contribution in [-0.2, 0) is 11.3 Å². The van der Waals surface area contributed by atoms with Crippen molar-refractivity contribution in [1.82, 2.24) is 5.32 Å². The summed E-state index contributed by atoms with van der Waals surface area (Å²) in [6.45, 7) is 3.32. The maximum atomic E-state index is 14.2. The Morgan fingerprint density at radius 1 is 1.24 bits per heavy atom. The van der Waals surface area contributed by atoms with Gasteiger partial charge in [0.15, 0.2) is 0 Å². The van der Waals surface area contributed by atoms with Gasteiger partial charge in [-0.1, -0.05) is 6.07 Å². The summed E-state index contributed by atoms with van der Waals surface area (Å²) in [6.07, 6.45) is 4.66. The van der Waals surface area contributed by atoms with Crippen LogP contribution in [0.3, 0.4) is 0 Å². The number of anilines is 1. The van der Waals surface area contributed by atoms with E-state index in [1.54, 1.807) is 6.07 Å². The Morgan fingerprint density at radius 3 is 2.71 bits per heavy atom. The molecule has 116 valence electrons. The molecule has 1 saturated heterocycles. The molecule has 1 saturated carbocycles. The lowest BCUT2D eigenvalue weighted by atomic mass is 9.99. The molecular weight excluding hydrogens is 267 g/mol. The average molecular weight is 292 g/mol. The minimum Gasteiger partial charge on any atom is -0.381 e. The second-order valence-electron chi connectivity index (χ2n) is 6.33. The van der Waals surface area contributed by atoms with E-state index in [1.165, 1.54) is 12.8 Å². The fourth-order valence-corrected chi connectivity index (χ4v) is 3.03. The van der Waals surface area contributed by atoms with Gasteiger partial charge in [0.1, 0.15) is 5.82 Å². The Labute approximate surface area is 126 Å². The van der Waals surface area contributed by atoms with Gasteiger partial charge in [0.25, 0.3) is 0 Å². The van der Waals surface area contributed by atoms with Crippen molar-refractivity contribution in [2.75, 3.05) is 31.7 Å². The van der Waals surface area contributed by atoms with Gasteiger partial charge in [-0.2, -0.15) is 0 Å². The molecule has 1 aliphatic carbocycles. The summed E-state index contributed by atoms with van der Waals surface area (Å²) in [6, 6.07) is 6.01. The van der Waals surface area contributed by atoms with Crippen LogP contribution in [0.15, 0.2) is 18.2 Å². The van der Waals surface area contributed by atoms with Crippen LogP contribution in [0, 0.1) is 11.7 Å². The molecule has 2 aliphatic rings. The van der Waals surface area contributed by atoms with Crippen molar-refractivity contribution in [3.63, 3.8) is 0 Å². The number of halogens is 1. The lowest BCUT2D eigenvalue weighted by Crippen LogP contribution is -2.31. The Bertz CT molecular complexity index is 470. The number of ether oxygens (including phenoxy) is 1. The molecule has 0 spiro atoms. The molecule has 1 aliphatic heterocycles. The molecule has 0 aromatic heterocycles. The Morgan fingerprint density at radius 2 is 2.00 bits per heavy atom. The molecule has 0 amide bonds. The van der Waals surface area contributed by atoms with Crippen LogP contribution in [0.25, 0.3) is 0 Å². The molecule has 4 heteroatoms. The molecule has 21 heavy (non-hydrogen) atoms. The molecule has 0 bridgehead atoms. The number of benzene rings is 1. The zero-order valence-electron chi connectivity index (χ0n) is 12.8. The third-order valence-electron chi connectivity index (χ3n) is 4.52. The highest BCUT2D eigenvalue weighted by Gasteiger charge is 2.23. The van der Waals surface area contributed by atoms with Gasteiger partial charge in [-0.25, -0.2) is 4.39 Å². The van der Waals surface area contributed by atoms with Crippen molar-refractivity contribution >= 4 is 5.69 Å². The first-order valence-corrected chi connectivity index (χ1v) is 8.03. The molecule has 0 unspecified atom stereocenters. The van der Waals surface area contributed by atoms with Gasteiger partial charge in [-0.15, -0.1) is 0 Å². The van der Waals surface area contributed by atoms with Crippen LogP contribution < -0.4 is 10.2 Å². The Kier molecular flexibility index (Phi) is 4.76. The van der Waals surface area contributed by atoms with Crippen molar-refractivity contribution in [3.8, 4) is 0 Å². The zero-order chi connectivity index (χ0) is 14.7. The maximum Gasteiger partial charge on any atom is 0.129 e. The second kappa shape index (κ2) is 6.75. The van der Waals surface area contributed by atoms with Crippen LogP contribution in [-0.4, -0.2) is 32.8 Å². The van der Waals surface area contributed by atoms with Gasteiger partial charge in [0, 0.05) is 50.6 Å². The minimum atomic E-state index is -0.0977. The predicted octanol–water partition coefficient (Wildman–Crippen LogP) is 2.94. The Balaban J connectivity index is 1.67. The first kappa shape index (κ1) is 14.8. The fourth-order valence-electron chi connectivity index (χ4n) is 3.03. The average Bonchev–Trinajstić information content (AvgIpc) is 3.31. The lowest BCUT2D eigenvalue weighted by Gasteiger charge is -2.30. The van der Waals surface area contributed by atoms with Crippen molar-refractivity contribution in [1.29, 1.82) is 0 Å². The summed E-state index contributed by atoms with van der Waals surface area (Å²) in [5.74, 6) is 0.552. The van der Waals surface area contributed by atoms with E-state index in [9.17, 15) is 4.39 Å². The normalized spacial score (nSPS) is 19.7. The predicted molar refractivity (Wildman–Crippen MR) is 83.1 cm³/mol. The zero-order valence-corrected chi connectivity index (χ0v) is 12.8. The SMILES string of the molecule is CN(CC1CCOCC1)c1cccc(F)c1CNC1CC1. The molecule has 3 nitrogen and oxygen atoms in total. The van der Waals surface area contributed by atoms with Crippen molar-refractivity contribution < 1.29 is 9.13 Å². The standard InChI is InChI=1S/C17H25FN2O/c1-20(12-13-7-9-21-10-8-13)17-4-2-3-16(18)15(17)11-19-14-5-6-14/h2-4,13-14,19H,5-12H2,1H3. The minimum absolute atomic E-state index is 0.0977. The van der Waals surface area contributed by atoms with Gasteiger partial charge in [0.05, 0.1) is 0 Å². The molecule has 3 rings (SSSR count). The van der Waals surface area contributed by atoms with E-state index < -0.39 is 0 Å². The molecule has 1 heterocycles. The quantitative estimate of drug-likeness (QED) is 0.872. The molecule has 1 N–H and O–H groups in total. The monoisotopic (exact) mass is 292 g/mol. The summed E-state index contributed by atoms with van der Waals surface area (Å²) in [4.78, 5) is 2.21. The Hall–Kier alpha value is -1.13. The van der Waals surface area contributed by atoms with E-state index >= 15 is 0 Å². The van der Waals surface area contributed by atoms with E-state index in [0.29, 0.717) is 18.5 Å². The van der Waals surface area contributed by atoms with Crippen LogP contribution >= 0.6 is 0 Å². The third-order valence-corrected chi connectivity index (χ3v) is 4.52. The van der Waals surface area contributed by atoms with Crippen LogP contribution in [0.2, 0.25) is 0 Å². The van der Waals surface area contributed by atoms with E-state index in [0.717, 1.165) is 43.9 Å². The topological polar surface area (TPSA) is 24.5 Å². The molecule has 2 fully saturated rings. The molecule has 0 radical (unpaired) electrons. The molecule has 1 aromatic rings. The van der Waals surface area contributed by atoms with Gasteiger partial charge in [-0.3, -0.25) is 0 Å². The highest BCUT2D eigenvalue weighted by molar-refractivity contribution is 5.53. The summed E-state index contributed by atoms with van der Waals surface area (Å²) < 4.78 is 19.6. The van der Waals surface area contributed by atoms with Crippen LogP contribution in [0.5, 0.6) is 0 Å². The second-order valence-corrected chi connectivity index (χ2v) is 6.33. The van der Waals surface area contributed by atoms with Crippen molar-refractivity contribution in [2.24, 2.45) is 5.92 Å². The van der Waals surface area contributed by atoms with E-state index in [4.69, 9.17) is 4.74 Å². The molecule has 1 aromatic carbocycles. The highest BCUT2D eigenvalue weighted by atomic mass is 19.1. The summed E-state index contributed by atoms with van der Waals surface area (Å²) >= 11 is 0. The van der Waals surface area contributed by atoms with Crippen LogP contribution in [0.1, 0.15) is 31.2 Å². The fraction of sp³-hybridized carbons (Fsp3) is 0.647. The van der Waals surface area contributed by atoms with Crippen LogP contribution in [0.4, 0.5) is 10.1 Å². The first-order valence-electron chi connectivity index (χ1n) is 8.03. The van der Waals surface area contributed by atoms with Gasteiger partial charge in [0.2, 0.25) is 0 Å². The highest BCUT2D eigenvalue weighted by Crippen LogP contribution is 2.27. The number of nitrogens with one attached hydrogen (secondary N) is 1. The van der Waals surface area contributed by atoms with Gasteiger partial charge >= 0.3 is 0 Å².